The van der Waals surface area contributed by atoms with Crippen molar-refractivity contribution < 1.29 is 0 Å². The molecule has 112 valence electrons. The number of benzene rings is 2. The van der Waals surface area contributed by atoms with E-state index in [1.54, 1.807) is 0 Å². The summed E-state index contributed by atoms with van der Waals surface area (Å²) < 4.78 is 1.13. The second-order valence-corrected chi connectivity index (χ2v) is 6.26. The van der Waals surface area contributed by atoms with Gasteiger partial charge in [0.2, 0.25) is 0 Å². The predicted octanol–water partition coefficient (Wildman–Crippen LogP) is 4.19. The Bertz CT molecular complexity index is 551. The summed E-state index contributed by atoms with van der Waals surface area (Å²) in [6.45, 7) is 6.02. The second-order valence-electron chi connectivity index (χ2n) is 5.35. The lowest BCUT2D eigenvalue weighted by atomic mass is 10.1. The maximum atomic E-state index is 3.48. The highest BCUT2D eigenvalue weighted by atomic mass is 79.9. The third-order valence-corrected chi connectivity index (χ3v) is 4.02. The molecule has 0 aliphatic heterocycles. The molecule has 21 heavy (non-hydrogen) atoms. The highest BCUT2D eigenvalue weighted by Gasteiger charge is 2.06. The first-order valence-corrected chi connectivity index (χ1v) is 8.19. The maximum Gasteiger partial charge on any atom is 0.0237 e. The Morgan fingerprint density at radius 1 is 0.952 bits per heavy atom. The first-order valence-electron chi connectivity index (χ1n) is 7.39. The van der Waals surface area contributed by atoms with Gasteiger partial charge in [0.05, 0.1) is 0 Å². The zero-order valence-electron chi connectivity index (χ0n) is 12.8. The van der Waals surface area contributed by atoms with Gasteiger partial charge >= 0.3 is 0 Å². The van der Waals surface area contributed by atoms with Crippen molar-refractivity contribution in [2.75, 3.05) is 13.6 Å². The molecule has 2 aromatic carbocycles. The highest BCUT2D eigenvalue weighted by Crippen LogP contribution is 2.15. The fourth-order valence-corrected chi connectivity index (χ4v) is 2.66. The van der Waals surface area contributed by atoms with Crippen LogP contribution in [0.4, 0.5) is 0 Å². The summed E-state index contributed by atoms with van der Waals surface area (Å²) in [6.07, 6.45) is 0. The molecule has 1 N–H and O–H groups in total. The van der Waals surface area contributed by atoms with Crippen molar-refractivity contribution in [2.45, 2.75) is 26.6 Å². The molecular weight excluding hydrogens is 324 g/mol. The first kappa shape index (κ1) is 16.2. The van der Waals surface area contributed by atoms with Crippen molar-refractivity contribution in [3.63, 3.8) is 0 Å². The molecule has 0 atom stereocenters. The third-order valence-electron chi connectivity index (χ3n) is 3.49. The van der Waals surface area contributed by atoms with Crippen LogP contribution in [0.5, 0.6) is 0 Å². The van der Waals surface area contributed by atoms with Gasteiger partial charge in [-0.3, -0.25) is 4.90 Å². The molecule has 2 aromatic rings. The van der Waals surface area contributed by atoms with Crippen LogP contribution in [0.25, 0.3) is 0 Å². The summed E-state index contributed by atoms with van der Waals surface area (Å²) in [6, 6.07) is 17.2. The molecule has 0 amide bonds. The standard InChI is InChI=1S/C18H23BrN2/c1-3-20-12-16-6-4-5-7-17(16)14-21(2)13-15-8-10-18(19)11-9-15/h4-11,20H,3,12-14H2,1-2H3. The number of hydrogen-bond donors (Lipinski definition) is 1. The van der Waals surface area contributed by atoms with E-state index in [-0.39, 0.29) is 0 Å². The van der Waals surface area contributed by atoms with Crippen LogP contribution in [0.3, 0.4) is 0 Å². The Labute approximate surface area is 136 Å². The van der Waals surface area contributed by atoms with Crippen LogP contribution in [-0.4, -0.2) is 18.5 Å². The fraction of sp³-hybridized carbons (Fsp3) is 0.333. The van der Waals surface area contributed by atoms with Gasteiger partial charge in [0, 0.05) is 24.1 Å². The minimum Gasteiger partial charge on any atom is -0.313 e. The van der Waals surface area contributed by atoms with E-state index in [0.29, 0.717) is 0 Å². The van der Waals surface area contributed by atoms with Crippen molar-refractivity contribution in [2.24, 2.45) is 0 Å². The first-order chi connectivity index (χ1) is 10.2. The number of nitrogens with zero attached hydrogens (tertiary/aromatic N) is 1. The average molecular weight is 347 g/mol. The summed E-state index contributed by atoms with van der Waals surface area (Å²) >= 11 is 3.48. The lowest BCUT2D eigenvalue weighted by Crippen LogP contribution is -2.20. The molecule has 0 fully saturated rings. The predicted molar refractivity (Wildman–Crippen MR) is 93.1 cm³/mol. The van der Waals surface area contributed by atoms with Crippen molar-refractivity contribution >= 4 is 15.9 Å². The third kappa shape index (κ3) is 5.27. The Morgan fingerprint density at radius 3 is 2.29 bits per heavy atom. The smallest absolute Gasteiger partial charge is 0.0237 e. The van der Waals surface area contributed by atoms with Crippen LogP contribution in [0.1, 0.15) is 23.6 Å². The molecule has 0 unspecified atom stereocenters. The topological polar surface area (TPSA) is 15.3 Å². The molecule has 0 aliphatic carbocycles. The molecule has 3 heteroatoms. The Hall–Kier alpha value is -1.16. The summed E-state index contributed by atoms with van der Waals surface area (Å²) in [7, 11) is 2.17. The summed E-state index contributed by atoms with van der Waals surface area (Å²) in [4.78, 5) is 2.36. The minimum absolute atomic E-state index is 0.943. The molecule has 0 aliphatic rings. The minimum atomic E-state index is 0.943. The van der Waals surface area contributed by atoms with E-state index in [0.717, 1.165) is 30.7 Å². The Morgan fingerprint density at radius 2 is 1.62 bits per heavy atom. The van der Waals surface area contributed by atoms with Crippen molar-refractivity contribution in [3.05, 3.63) is 69.7 Å². The number of rotatable bonds is 7. The number of halogens is 1. The van der Waals surface area contributed by atoms with E-state index in [1.807, 2.05) is 0 Å². The monoisotopic (exact) mass is 346 g/mol. The van der Waals surface area contributed by atoms with E-state index in [9.17, 15) is 0 Å². The molecule has 0 aromatic heterocycles. The van der Waals surface area contributed by atoms with Gasteiger partial charge in [0.25, 0.3) is 0 Å². The lowest BCUT2D eigenvalue weighted by Gasteiger charge is -2.19. The largest absolute Gasteiger partial charge is 0.313 e. The molecule has 2 rings (SSSR count). The molecule has 0 saturated carbocycles. The van der Waals surface area contributed by atoms with E-state index in [1.165, 1.54) is 16.7 Å². The second kappa shape index (κ2) is 8.32. The summed E-state index contributed by atoms with van der Waals surface area (Å²) in [5.74, 6) is 0. The highest BCUT2D eigenvalue weighted by molar-refractivity contribution is 9.10. The van der Waals surface area contributed by atoms with Crippen molar-refractivity contribution in [3.8, 4) is 0 Å². The number of hydrogen-bond acceptors (Lipinski definition) is 2. The summed E-state index contributed by atoms with van der Waals surface area (Å²) in [5, 5.41) is 3.41. The van der Waals surface area contributed by atoms with Crippen LogP contribution >= 0.6 is 15.9 Å². The molecule has 0 radical (unpaired) electrons. The van der Waals surface area contributed by atoms with E-state index in [2.05, 4.69) is 88.6 Å². The van der Waals surface area contributed by atoms with Gasteiger partial charge in [-0.05, 0) is 42.4 Å². The van der Waals surface area contributed by atoms with Crippen LogP contribution in [-0.2, 0) is 19.6 Å². The molecule has 2 nitrogen and oxygen atoms in total. The lowest BCUT2D eigenvalue weighted by molar-refractivity contribution is 0.318. The molecule has 0 heterocycles. The quantitative estimate of drug-likeness (QED) is 0.808. The van der Waals surface area contributed by atoms with Gasteiger partial charge in [-0.25, -0.2) is 0 Å². The van der Waals surface area contributed by atoms with E-state index in [4.69, 9.17) is 0 Å². The normalized spacial score (nSPS) is 11.0. The SMILES string of the molecule is CCNCc1ccccc1CN(C)Cc1ccc(Br)cc1. The van der Waals surface area contributed by atoms with Crippen molar-refractivity contribution in [1.29, 1.82) is 0 Å². The zero-order valence-corrected chi connectivity index (χ0v) is 14.4. The van der Waals surface area contributed by atoms with Crippen LogP contribution in [0.2, 0.25) is 0 Å². The van der Waals surface area contributed by atoms with Gasteiger partial charge in [-0.15, -0.1) is 0 Å². The fourth-order valence-electron chi connectivity index (χ4n) is 2.39. The van der Waals surface area contributed by atoms with E-state index < -0.39 is 0 Å². The number of nitrogens with one attached hydrogen (secondary N) is 1. The van der Waals surface area contributed by atoms with Gasteiger partial charge in [-0.1, -0.05) is 59.3 Å². The van der Waals surface area contributed by atoms with Gasteiger partial charge in [0.1, 0.15) is 0 Å². The van der Waals surface area contributed by atoms with Crippen molar-refractivity contribution in [1.82, 2.24) is 10.2 Å². The maximum absolute atomic E-state index is 3.48. The van der Waals surface area contributed by atoms with Crippen LogP contribution in [0.15, 0.2) is 53.0 Å². The van der Waals surface area contributed by atoms with E-state index >= 15 is 0 Å². The Kier molecular flexibility index (Phi) is 6.43. The molecular formula is C18H23BrN2. The zero-order chi connectivity index (χ0) is 15.1. The average Bonchev–Trinajstić information content (AvgIpc) is 2.49. The molecule has 0 saturated heterocycles. The van der Waals surface area contributed by atoms with Gasteiger partial charge < -0.3 is 5.32 Å². The summed E-state index contributed by atoms with van der Waals surface area (Å²) in [5.41, 5.74) is 4.13. The Balaban J connectivity index is 1.98. The van der Waals surface area contributed by atoms with Gasteiger partial charge in [0.15, 0.2) is 0 Å². The van der Waals surface area contributed by atoms with Crippen LogP contribution in [0, 0.1) is 0 Å². The molecule has 0 bridgehead atoms. The van der Waals surface area contributed by atoms with Gasteiger partial charge in [-0.2, -0.15) is 0 Å². The molecule has 0 spiro atoms. The van der Waals surface area contributed by atoms with Crippen LogP contribution < -0.4 is 5.32 Å².